The third kappa shape index (κ3) is 4.47. The summed E-state index contributed by atoms with van der Waals surface area (Å²) < 4.78 is 12.0. The van der Waals surface area contributed by atoms with Crippen molar-refractivity contribution in [1.82, 2.24) is 9.88 Å². The summed E-state index contributed by atoms with van der Waals surface area (Å²) >= 11 is 0. The molecule has 2 fully saturated rings. The summed E-state index contributed by atoms with van der Waals surface area (Å²) in [5, 5.41) is 0. The van der Waals surface area contributed by atoms with E-state index in [0.717, 1.165) is 38.2 Å². The maximum atomic E-state index is 12.3. The maximum Gasteiger partial charge on any atom is 0.410 e. The molecule has 2 saturated heterocycles. The van der Waals surface area contributed by atoms with Crippen LogP contribution in [0.2, 0.25) is 0 Å². The first-order chi connectivity index (χ1) is 12.3. The zero-order valence-electron chi connectivity index (χ0n) is 16.4. The molecule has 1 amide bonds. The monoisotopic (exact) mass is 361 g/mol. The Morgan fingerprint density at radius 1 is 1.35 bits per heavy atom. The molecule has 1 aromatic rings. The minimum absolute atomic E-state index is 0.193. The summed E-state index contributed by atoms with van der Waals surface area (Å²) in [5.74, 6) is 1.00. The Morgan fingerprint density at radius 2 is 2.08 bits per heavy atom. The third-order valence-electron chi connectivity index (χ3n) is 5.07. The fourth-order valence-corrected chi connectivity index (χ4v) is 3.71. The van der Waals surface area contributed by atoms with Gasteiger partial charge in [-0.25, -0.2) is 9.78 Å². The molecule has 1 unspecified atom stereocenters. The largest absolute Gasteiger partial charge is 0.444 e. The highest BCUT2D eigenvalue weighted by Crippen LogP contribution is 2.35. The molecule has 6 heteroatoms. The van der Waals surface area contributed by atoms with Crippen molar-refractivity contribution in [3.8, 4) is 0 Å². The molecule has 3 heterocycles. The van der Waals surface area contributed by atoms with Crippen LogP contribution in [0.3, 0.4) is 0 Å². The van der Waals surface area contributed by atoms with Crippen molar-refractivity contribution < 1.29 is 14.3 Å². The summed E-state index contributed by atoms with van der Waals surface area (Å²) in [5.41, 5.74) is -0.675. The van der Waals surface area contributed by atoms with E-state index in [0.29, 0.717) is 13.1 Å². The number of aromatic nitrogens is 1. The Labute approximate surface area is 156 Å². The molecule has 0 saturated carbocycles. The highest BCUT2D eigenvalue weighted by molar-refractivity contribution is 5.68. The van der Waals surface area contributed by atoms with Gasteiger partial charge in [-0.05, 0) is 52.2 Å². The Hall–Kier alpha value is -1.82. The van der Waals surface area contributed by atoms with E-state index in [-0.39, 0.29) is 17.8 Å². The van der Waals surface area contributed by atoms with E-state index in [1.54, 1.807) is 4.90 Å². The molecular weight excluding hydrogens is 330 g/mol. The van der Waals surface area contributed by atoms with Crippen LogP contribution in [0, 0.1) is 0 Å². The smallest absolute Gasteiger partial charge is 0.410 e. The summed E-state index contributed by atoms with van der Waals surface area (Å²) in [6.45, 7) is 10.9. The highest BCUT2D eigenvalue weighted by Gasteiger charge is 2.44. The fraction of sp³-hybridized carbons (Fsp3) is 0.700. The van der Waals surface area contributed by atoms with Gasteiger partial charge in [-0.15, -0.1) is 0 Å². The lowest BCUT2D eigenvalue weighted by atomic mass is 9.88. The Bertz CT molecular complexity index is 606. The number of amides is 1. The standard InChI is InChI=1S/C20H31N3O3/c1-5-16-14-23(17-8-6-7-11-21-17)15-20(25-16)9-12-22(13-10-20)18(24)26-19(2,3)4/h6-8,11,16H,5,9-10,12-15H2,1-4H3. The number of likely N-dealkylation sites (tertiary alicyclic amines) is 1. The summed E-state index contributed by atoms with van der Waals surface area (Å²) in [4.78, 5) is 21.0. The first-order valence-corrected chi connectivity index (χ1v) is 9.62. The lowest BCUT2D eigenvalue weighted by Crippen LogP contribution is -2.60. The number of ether oxygens (including phenoxy) is 2. The lowest BCUT2D eigenvalue weighted by Gasteiger charge is -2.50. The van der Waals surface area contributed by atoms with Crippen molar-refractivity contribution in [1.29, 1.82) is 0 Å². The van der Waals surface area contributed by atoms with E-state index in [4.69, 9.17) is 9.47 Å². The number of anilines is 1. The molecule has 6 nitrogen and oxygen atoms in total. The second kappa shape index (κ2) is 7.43. The summed E-state index contributed by atoms with van der Waals surface area (Å²) in [6, 6.07) is 6.02. The van der Waals surface area contributed by atoms with Crippen LogP contribution in [0.4, 0.5) is 10.6 Å². The summed E-state index contributed by atoms with van der Waals surface area (Å²) in [7, 11) is 0. The zero-order chi connectivity index (χ0) is 18.8. The molecule has 2 aliphatic heterocycles. The van der Waals surface area contributed by atoms with Gasteiger partial charge in [0, 0.05) is 32.4 Å². The van der Waals surface area contributed by atoms with Crippen LogP contribution >= 0.6 is 0 Å². The molecule has 0 radical (unpaired) electrons. The number of rotatable bonds is 2. The van der Waals surface area contributed by atoms with Gasteiger partial charge in [0.1, 0.15) is 11.4 Å². The van der Waals surface area contributed by atoms with Gasteiger partial charge < -0.3 is 19.3 Å². The Morgan fingerprint density at radius 3 is 2.65 bits per heavy atom. The van der Waals surface area contributed by atoms with E-state index in [9.17, 15) is 4.79 Å². The molecule has 26 heavy (non-hydrogen) atoms. The molecule has 2 aliphatic rings. The SMILES string of the molecule is CCC1CN(c2ccccn2)CC2(CCN(C(=O)OC(C)(C)C)CC2)O1. The van der Waals surface area contributed by atoms with Crippen LogP contribution < -0.4 is 4.90 Å². The minimum Gasteiger partial charge on any atom is -0.444 e. The van der Waals surface area contributed by atoms with E-state index < -0.39 is 5.60 Å². The first-order valence-electron chi connectivity index (χ1n) is 9.62. The van der Waals surface area contributed by atoms with Crippen molar-refractivity contribution in [3.63, 3.8) is 0 Å². The quantitative estimate of drug-likeness (QED) is 0.807. The Kier molecular flexibility index (Phi) is 5.42. The van der Waals surface area contributed by atoms with E-state index in [1.165, 1.54) is 0 Å². The second-order valence-corrected chi connectivity index (χ2v) is 8.37. The van der Waals surface area contributed by atoms with Crippen molar-refractivity contribution in [2.24, 2.45) is 0 Å². The van der Waals surface area contributed by atoms with Gasteiger partial charge in [0.25, 0.3) is 0 Å². The number of morpholine rings is 1. The minimum atomic E-state index is -0.462. The molecule has 0 N–H and O–H groups in total. The second-order valence-electron chi connectivity index (χ2n) is 8.37. The molecule has 0 aliphatic carbocycles. The number of carbonyl (C=O) groups excluding carboxylic acids is 1. The molecular formula is C20H31N3O3. The topological polar surface area (TPSA) is 54.9 Å². The zero-order valence-corrected chi connectivity index (χ0v) is 16.4. The number of pyridine rings is 1. The van der Waals surface area contributed by atoms with Crippen molar-refractivity contribution in [2.75, 3.05) is 31.1 Å². The molecule has 1 aromatic heterocycles. The number of piperidine rings is 1. The van der Waals surface area contributed by atoms with Gasteiger partial charge >= 0.3 is 6.09 Å². The van der Waals surface area contributed by atoms with E-state index >= 15 is 0 Å². The Balaban J connectivity index is 1.67. The molecule has 1 atom stereocenters. The number of carbonyl (C=O) groups is 1. The highest BCUT2D eigenvalue weighted by atomic mass is 16.6. The van der Waals surface area contributed by atoms with Gasteiger partial charge in [0.2, 0.25) is 0 Å². The molecule has 144 valence electrons. The van der Waals surface area contributed by atoms with Crippen LogP contribution in [-0.2, 0) is 9.47 Å². The van der Waals surface area contributed by atoms with Crippen molar-refractivity contribution in [3.05, 3.63) is 24.4 Å². The van der Waals surface area contributed by atoms with Crippen molar-refractivity contribution >= 4 is 11.9 Å². The average Bonchev–Trinajstić information content (AvgIpc) is 2.61. The van der Waals surface area contributed by atoms with Crippen LogP contribution in [0.15, 0.2) is 24.4 Å². The van der Waals surface area contributed by atoms with E-state index in [2.05, 4.69) is 22.9 Å². The van der Waals surface area contributed by atoms with Crippen LogP contribution in [0.1, 0.15) is 47.0 Å². The van der Waals surface area contributed by atoms with Crippen LogP contribution in [0.25, 0.3) is 0 Å². The van der Waals surface area contributed by atoms with Crippen LogP contribution in [0.5, 0.6) is 0 Å². The molecule has 1 spiro atoms. The molecule has 0 bridgehead atoms. The van der Waals surface area contributed by atoms with Gasteiger partial charge in [-0.2, -0.15) is 0 Å². The fourth-order valence-electron chi connectivity index (χ4n) is 3.71. The van der Waals surface area contributed by atoms with Gasteiger partial charge in [-0.3, -0.25) is 0 Å². The normalized spacial score (nSPS) is 23.2. The number of hydrogen-bond acceptors (Lipinski definition) is 5. The van der Waals surface area contributed by atoms with Gasteiger partial charge in [-0.1, -0.05) is 13.0 Å². The summed E-state index contributed by atoms with van der Waals surface area (Å²) in [6.07, 6.45) is 4.43. The predicted molar refractivity (Wildman–Crippen MR) is 101 cm³/mol. The van der Waals surface area contributed by atoms with Crippen molar-refractivity contribution in [2.45, 2.75) is 64.3 Å². The van der Waals surface area contributed by atoms with Gasteiger partial charge in [0.05, 0.1) is 11.7 Å². The molecule has 0 aromatic carbocycles. The predicted octanol–water partition coefficient (Wildman–Crippen LogP) is 3.47. The maximum absolute atomic E-state index is 12.3. The van der Waals surface area contributed by atoms with Gasteiger partial charge in [0.15, 0.2) is 0 Å². The van der Waals surface area contributed by atoms with Crippen LogP contribution in [-0.4, -0.2) is 59.5 Å². The number of hydrogen-bond donors (Lipinski definition) is 0. The third-order valence-corrected chi connectivity index (χ3v) is 5.07. The first kappa shape index (κ1) is 19.0. The number of nitrogens with zero attached hydrogens (tertiary/aromatic N) is 3. The van der Waals surface area contributed by atoms with E-state index in [1.807, 2.05) is 39.1 Å². The lowest BCUT2D eigenvalue weighted by molar-refractivity contribution is -0.132. The average molecular weight is 361 g/mol. The molecule has 3 rings (SSSR count).